The number of carbonyl (C=O) groups is 1. The number of aromatic nitrogens is 2. The van der Waals surface area contributed by atoms with Crippen molar-refractivity contribution in [2.24, 2.45) is 0 Å². The van der Waals surface area contributed by atoms with Crippen molar-refractivity contribution in [2.45, 2.75) is 13.5 Å². The second kappa shape index (κ2) is 8.31. The third-order valence-electron chi connectivity index (χ3n) is 4.04. The molecule has 0 bridgehead atoms. The van der Waals surface area contributed by atoms with Gasteiger partial charge in [-0.15, -0.1) is 6.58 Å². The Balaban J connectivity index is 1.77. The van der Waals surface area contributed by atoms with E-state index in [0.29, 0.717) is 23.8 Å². The van der Waals surface area contributed by atoms with Gasteiger partial charge in [0, 0.05) is 17.7 Å². The average Bonchev–Trinajstić information content (AvgIpc) is 3.16. The molecule has 2 aromatic carbocycles. The summed E-state index contributed by atoms with van der Waals surface area (Å²) in [7, 11) is 1.61. The first-order valence-corrected chi connectivity index (χ1v) is 8.54. The fourth-order valence-corrected chi connectivity index (χ4v) is 2.68. The molecule has 0 fully saturated rings. The second-order valence-corrected chi connectivity index (χ2v) is 6.08. The molecule has 0 radical (unpaired) electrons. The Labute approximate surface area is 158 Å². The lowest BCUT2D eigenvalue weighted by atomic mass is 10.1. The van der Waals surface area contributed by atoms with E-state index < -0.39 is 0 Å². The van der Waals surface area contributed by atoms with Crippen LogP contribution in [0.2, 0.25) is 0 Å². The number of rotatable bonds is 7. The van der Waals surface area contributed by atoms with E-state index in [1.807, 2.05) is 49.4 Å². The zero-order valence-electron chi connectivity index (χ0n) is 15.4. The van der Waals surface area contributed by atoms with E-state index in [2.05, 4.69) is 16.7 Å². The van der Waals surface area contributed by atoms with Gasteiger partial charge in [0.1, 0.15) is 12.3 Å². The van der Waals surface area contributed by atoms with E-state index in [4.69, 9.17) is 9.26 Å². The van der Waals surface area contributed by atoms with E-state index in [9.17, 15) is 4.79 Å². The molecule has 1 aromatic heterocycles. The third-order valence-corrected chi connectivity index (χ3v) is 4.04. The molecule has 6 heteroatoms. The highest BCUT2D eigenvalue weighted by molar-refractivity contribution is 5.94. The van der Waals surface area contributed by atoms with Crippen LogP contribution in [0.5, 0.6) is 5.75 Å². The minimum Gasteiger partial charge on any atom is -0.497 e. The molecule has 0 unspecified atom stereocenters. The summed E-state index contributed by atoms with van der Waals surface area (Å²) in [6.07, 6.45) is 1.68. The van der Waals surface area contributed by atoms with Crippen LogP contribution in [0.3, 0.4) is 0 Å². The Morgan fingerprint density at radius 1 is 1.26 bits per heavy atom. The largest absolute Gasteiger partial charge is 0.497 e. The zero-order valence-corrected chi connectivity index (χ0v) is 15.4. The Kier molecular flexibility index (Phi) is 5.66. The van der Waals surface area contributed by atoms with Crippen molar-refractivity contribution in [2.75, 3.05) is 13.7 Å². The highest BCUT2D eigenvalue weighted by Crippen LogP contribution is 2.20. The maximum Gasteiger partial charge on any atom is 0.254 e. The summed E-state index contributed by atoms with van der Waals surface area (Å²) in [5, 5.41) is 4.01. The van der Waals surface area contributed by atoms with Crippen molar-refractivity contribution >= 4 is 5.91 Å². The molecular formula is C21H21N3O3. The Hall–Kier alpha value is -3.41. The van der Waals surface area contributed by atoms with Gasteiger partial charge >= 0.3 is 0 Å². The van der Waals surface area contributed by atoms with Crippen LogP contribution in [-0.2, 0) is 6.54 Å². The fraction of sp³-hybridized carbons (Fsp3) is 0.190. The Morgan fingerprint density at radius 3 is 2.70 bits per heavy atom. The van der Waals surface area contributed by atoms with E-state index in [-0.39, 0.29) is 12.5 Å². The summed E-state index contributed by atoms with van der Waals surface area (Å²) in [6, 6.07) is 14.8. The van der Waals surface area contributed by atoms with Gasteiger partial charge < -0.3 is 14.2 Å². The number of methoxy groups -OCH3 is 1. The summed E-state index contributed by atoms with van der Waals surface area (Å²) in [5.74, 6) is 1.48. The van der Waals surface area contributed by atoms with Crippen LogP contribution in [-0.4, -0.2) is 34.6 Å². The van der Waals surface area contributed by atoms with Gasteiger partial charge in [-0.2, -0.15) is 4.98 Å². The molecule has 0 aliphatic heterocycles. The van der Waals surface area contributed by atoms with Gasteiger partial charge in [-0.3, -0.25) is 4.79 Å². The number of hydrogen-bond acceptors (Lipinski definition) is 5. The quantitative estimate of drug-likeness (QED) is 0.596. The second-order valence-electron chi connectivity index (χ2n) is 6.08. The van der Waals surface area contributed by atoms with Gasteiger partial charge in [0.25, 0.3) is 5.91 Å². The molecule has 0 N–H and O–H groups in total. The summed E-state index contributed by atoms with van der Waals surface area (Å²) < 4.78 is 10.5. The third kappa shape index (κ3) is 4.41. The topological polar surface area (TPSA) is 68.5 Å². The predicted octanol–water partition coefficient (Wildman–Crippen LogP) is 3.88. The maximum atomic E-state index is 12.8. The molecule has 138 valence electrons. The summed E-state index contributed by atoms with van der Waals surface area (Å²) in [5.41, 5.74) is 2.46. The van der Waals surface area contributed by atoms with Crippen molar-refractivity contribution < 1.29 is 14.1 Å². The van der Waals surface area contributed by atoms with Crippen LogP contribution in [0, 0.1) is 6.92 Å². The van der Waals surface area contributed by atoms with Gasteiger partial charge in [-0.1, -0.05) is 28.9 Å². The first-order valence-electron chi connectivity index (χ1n) is 8.54. The lowest BCUT2D eigenvalue weighted by molar-refractivity contribution is 0.0745. The van der Waals surface area contributed by atoms with E-state index in [0.717, 1.165) is 16.9 Å². The average molecular weight is 363 g/mol. The standard InChI is InChI=1S/C21H21N3O3/c1-4-12-24(21(25)17-7-5-6-15(2)13-17)14-19-22-20(23-27-19)16-8-10-18(26-3)11-9-16/h4-11,13H,1,12,14H2,2-3H3. The monoisotopic (exact) mass is 363 g/mol. The molecule has 3 rings (SSSR count). The molecule has 27 heavy (non-hydrogen) atoms. The molecular weight excluding hydrogens is 342 g/mol. The Bertz CT molecular complexity index is 932. The molecule has 0 saturated heterocycles. The SMILES string of the molecule is C=CCN(Cc1nc(-c2ccc(OC)cc2)no1)C(=O)c1cccc(C)c1. The summed E-state index contributed by atoms with van der Waals surface area (Å²) >= 11 is 0. The van der Waals surface area contributed by atoms with E-state index in [1.54, 1.807) is 24.2 Å². The molecule has 1 heterocycles. The number of hydrogen-bond donors (Lipinski definition) is 0. The van der Waals surface area contributed by atoms with Crippen molar-refractivity contribution in [1.82, 2.24) is 15.0 Å². The number of aryl methyl sites for hydroxylation is 1. The minimum absolute atomic E-state index is 0.109. The molecule has 0 aliphatic rings. The van der Waals surface area contributed by atoms with Gasteiger partial charge in [0.05, 0.1) is 7.11 Å². The number of benzene rings is 2. The van der Waals surface area contributed by atoms with Crippen LogP contribution >= 0.6 is 0 Å². The van der Waals surface area contributed by atoms with Gasteiger partial charge in [-0.25, -0.2) is 0 Å². The minimum atomic E-state index is -0.109. The molecule has 0 atom stereocenters. The highest BCUT2D eigenvalue weighted by atomic mass is 16.5. The zero-order chi connectivity index (χ0) is 19.2. The van der Waals surface area contributed by atoms with E-state index in [1.165, 1.54) is 0 Å². The summed E-state index contributed by atoms with van der Waals surface area (Å²) in [6.45, 7) is 6.28. The molecule has 0 spiro atoms. The first-order chi connectivity index (χ1) is 13.1. The van der Waals surface area contributed by atoms with Gasteiger partial charge in [0.15, 0.2) is 0 Å². The molecule has 1 amide bonds. The molecule has 0 aliphatic carbocycles. The fourth-order valence-electron chi connectivity index (χ4n) is 2.68. The highest BCUT2D eigenvalue weighted by Gasteiger charge is 2.19. The normalized spacial score (nSPS) is 10.4. The van der Waals surface area contributed by atoms with Gasteiger partial charge in [-0.05, 0) is 43.3 Å². The number of ether oxygens (including phenoxy) is 1. The lowest BCUT2D eigenvalue weighted by Gasteiger charge is -2.19. The van der Waals surface area contributed by atoms with Crippen LogP contribution in [0.25, 0.3) is 11.4 Å². The first kappa shape index (κ1) is 18.4. The van der Waals surface area contributed by atoms with Crippen LogP contribution in [0.1, 0.15) is 21.8 Å². The lowest BCUT2D eigenvalue weighted by Crippen LogP contribution is -2.30. The molecule has 0 saturated carbocycles. The van der Waals surface area contributed by atoms with Crippen LogP contribution in [0.15, 0.2) is 65.7 Å². The predicted molar refractivity (Wildman–Crippen MR) is 102 cm³/mol. The summed E-state index contributed by atoms with van der Waals surface area (Å²) in [4.78, 5) is 18.8. The van der Waals surface area contributed by atoms with Crippen LogP contribution in [0.4, 0.5) is 0 Å². The van der Waals surface area contributed by atoms with E-state index >= 15 is 0 Å². The molecule has 3 aromatic rings. The maximum absolute atomic E-state index is 12.8. The number of carbonyl (C=O) groups excluding carboxylic acids is 1. The Morgan fingerprint density at radius 2 is 2.04 bits per heavy atom. The van der Waals surface area contributed by atoms with Crippen molar-refractivity contribution in [1.29, 1.82) is 0 Å². The van der Waals surface area contributed by atoms with Crippen molar-refractivity contribution in [3.05, 3.63) is 78.2 Å². The molecule has 6 nitrogen and oxygen atoms in total. The van der Waals surface area contributed by atoms with Gasteiger partial charge in [0.2, 0.25) is 11.7 Å². The van der Waals surface area contributed by atoms with Crippen molar-refractivity contribution in [3.63, 3.8) is 0 Å². The smallest absolute Gasteiger partial charge is 0.254 e. The number of amides is 1. The van der Waals surface area contributed by atoms with Crippen LogP contribution < -0.4 is 4.74 Å². The van der Waals surface area contributed by atoms with Crippen molar-refractivity contribution in [3.8, 4) is 17.1 Å². The number of nitrogens with zero attached hydrogens (tertiary/aromatic N) is 3.